The average Bonchev–Trinajstić information content (AvgIpc) is 2.79. The van der Waals surface area contributed by atoms with Crippen LogP contribution in [0.1, 0.15) is 12.5 Å². The molecule has 3 rings (SSSR count). The third-order valence-corrected chi connectivity index (χ3v) is 4.53. The summed E-state index contributed by atoms with van der Waals surface area (Å²) in [6.45, 7) is 2.66. The number of halogens is 1. The average molecular weight is 310 g/mol. The number of fused-ring (bicyclic) bond motifs is 1. The number of likely N-dealkylation sites (tertiary alicyclic amines) is 1. The number of carbonyl (C=O) groups excluding carboxylic acids is 1. The minimum Gasteiger partial charge on any atom is -0.481 e. The molecule has 21 heavy (non-hydrogen) atoms. The number of hydrogen-bond acceptors (Lipinski definition) is 3. The van der Waals surface area contributed by atoms with Crippen LogP contribution in [0.5, 0.6) is 5.75 Å². The third-order valence-electron chi connectivity index (χ3n) is 4.29. The highest BCUT2D eigenvalue weighted by atomic mass is 35.5. The number of hydrogen-bond donors (Lipinski definition) is 1. The molecule has 1 aromatic rings. The van der Waals surface area contributed by atoms with Crippen LogP contribution in [0.15, 0.2) is 18.2 Å². The van der Waals surface area contributed by atoms with Gasteiger partial charge in [0.2, 0.25) is 0 Å². The molecule has 2 aliphatic heterocycles. The van der Waals surface area contributed by atoms with Crippen molar-refractivity contribution >= 4 is 23.5 Å². The first-order valence-corrected chi connectivity index (χ1v) is 7.30. The number of aliphatic carboxylic acids is 1. The standard InChI is InChI=1S/C15H16ClNO4/c1-8(15(19)20)10-6-17(7-10)14(18)13-5-9-4-11(16)2-3-12(9)21-13/h2-4,8,10,13H,5-7H2,1H3,(H,19,20). The second kappa shape index (κ2) is 5.22. The van der Waals surface area contributed by atoms with Crippen LogP contribution in [0.3, 0.4) is 0 Å². The normalized spacial score (nSPS) is 22.2. The third kappa shape index (κ3) is 2.58. The molecule has 0 spiro atoms. The summed E-state index contributed by atoms with van der Waals surface area (Å²) in [5, 5.41) is 9.59. The smallest absolute Gasteiger partial charge is 0.306 e. The number of benzene rings is 1. The van der Waals surface area contributed by atoms with Crippen molar-refractivity contribution in [3.8, 4) is 5.75 Å². The fraction of sp³-hybridized carbons (Fsp3) is 0.467. The Morgan fingerprint density at radius 1 is 1.43 bits per heavy atom. The van der Waals surface area contributed by atoms with Crippen LogP contribution in [0.4, 0.5) is 0 Å². The summed E-state index contributed by atoms with van der Waals surface area (Å²) in [5.74, 6) is -0.574. The Kier molecular flexibility index (Phi) is 3.53. The Bertz CT molecular complexity index is 597. The van der Waals surface area contributed by atoms with Crippen molar-refractivity contribution in [2.45, 2.75) is 19.4 Å². The van der Waals surface area contributed by atoms with Gasteiger partial charge in [0, 0.05) is 30.5 Å². The van der Waals surface area contributed by atoms with Crippen molar-refractivity contribution in [2.75, 3.05) is 13.1 Å². The molecule has 1 N–H and O–H groups in total. The monoisotopic (exact) mass is 309 g/mol. The van der Waals surface area contributed by atoms with E-state index in [1.165, 1.54) is 0 Å². The van der Waals surface area contributed by atoms with E-state index in [4.69, 9.17) is 21.4 Å². The van der Waals surface area contributed by atoms with E-state index in [9.17, 15) is 9.59 Å². The molecule has 1 saturated heterocycles. The molecule has 0 aliphatic carbocycles. The van der Waals surface area contributed by atoms with Crippen LogP contribution in [-0.2, 0) is 16.0 Å². The van der Waals surface area contributed by atoms with Gasteiger partial charge in [0.15, 0.2) is 6.10 Å². The first-order valence-electron chi connectivity index (χ1n) is 6.92. The van der Waals surface area contributed by atoms with E-state index in [1.54, 1.807) is 24.0 Å². The van der Waals surface area contributed by atoms with Gasteiger partial charge in [-0.05, 0) is 23.8 Å². The molecule has 1 amide bonds. The molecular weight excluding hydrogens is 294 g/mol. The molecule has 1 aromatic carbocycles. The van der Waals surface area contributed by atoms with Crippen LogP contribution in [0, 0.1) is 11.8 Å². The van der Waals surface area contributed by atoms with Crippen molar-refractivity contribution in [3.05, 3.63) is 28.8 Å². The van der Waals surface area contributed by atoms with Crippen LogP contribution in [-0.4, -0.2) is 41.1 Å². The van der Waals surface area contributed by atoms with Crippen molar-refractivity contribution in [3.63, 3.8) is 0 Å². The topological polar surface area (TPSA) is 66.8 Å². The molecular formula is C15H16ClNO4. The van der Waals surface area contributed by atoms with E-state index in [1.807, 2.05) is 6.07 Å². The van der Waals surface area contributed by atoms with Crippen molar-refractivity contribution in [2.24, 2.45) is 11.8 Å². The largest absolute Gasteiger partial charge is 0.481 e. The number of carbonyl (C=O) groups is 2. The van der Waals surface area contributed by atoms with Gasteiger partial charge >= 0.3 is 5.97 Å². The number of carboxylic acid groups (broad SMARTS) is 1. The maximum absolute atomic E-state index is 12.3. The van der Waals surface area contributed by atoms with E-state index in [0.717, 1.165) is 5.56 Å². The van der Waals surface area contributed by atoms with E-state index in [0.29, 0.717) is 30.3 Å². The van der Waals surface area contributed by atoms with Crippen LogP contribution in [0.25, 0.3) is 0 Å². The van der Waals surface area contributed by atoms with Crippen molar-refractivity contribution < 1.29 is 19.4 Å². The molecule has 1 fully saturated rings. The Morgan fingerprint density at radius 3 is 2.81 bits per heavy atom. The maximum Gasteiger partial charge on any atom is 0.306 e. The number of ether oxygens (including phenoxy) is 1. The minimum atomic E-state index is -0.814. The molecule has 0 aromatic heterocycles. The summed E-state index contributed by atoms with van der Waals surface area (Å²) in [4.78, 5) is 24.9. The summed E-state index contributed by atoms with van der Waals surface area (Å²) in [5.41, 5.74) is 0.942. The van der Waals surface area contributed by atoms with Gasteiger partial charge in [-0.1, -0.05) is 18.5 Å². The zero-order valence-electron chi connectivity index (χ0n) is 11.6. The number of rotatable bonds is 3. The predicted molar refractivity (Wildman–Crippen MR) is 76.4 cm³/mol. The summed E-state index contributed by atoms with van der Waals surface area (Å²) < 4.78 is 5.66. The molecule has 0 bridgehead atoms. The maximum atomic E-state index is 12.3. The molecule has 5 nitrogen and oxygen atoms in total. The zero-order valence-corrected chi connectivity index (χ0v) is 12.3. The lowest BCUT2D eigenvalue weighted by Gasteiger charge is -2.42. The molecule has 2 aliphatic rings. The van der Waals surface area contributed by atoms with Crippen molar-refractivity contribution in [1.82, 2.24) is 4.90 Å². The highest BCUT2D eigenvalue weighted by molar-refractivity contribution is 6.30. The number of nitrogens with zero attached hydrogens (tertiary/aromatic N) is 1. The number of amides is 1. The Balaban J connectivity index is 1.58. The fourth-order valence-corrected chi connectivity index (χ4v) is 2.96. The summed E-state index contributed by atoms with van der Waals surface area (Å²) in [7, 11) is 0. The Hall–Kier alpha value is -1.75. The molecule has 112 valence electrons. The van der Waals surface area contributed by atoms with Gasteiger partial charge in [-0.2, -0.15) is 0 Å². The lowest BCUT2D eigenvalue weighted by molar-refractivity contribution is -0.153. The van der Waals surface area contributed by atoms with Gasteiger partial charge in [-0.25, -0.2) is 0 Å². The van der Waals surface area contributed by atoms with Crippen LogP contribution < -0.4 is 4.74 Å². The molecule has 2 heterocycles. The first kappa shape index (κ1) is 14.2. The summed E-state index contributed by atoms with van der Waals surface area (Å²) >= 11 is 5.93. The molecule has 0 radical (unpaired) electrons. The van der Waals surface area contributed by atoms with E-state index in [-0.39, 0.29) is 11.8 Å². The van der Waals surface area contributed by atoms with Crippen LogP contribution in [0.2, 0.25) is 5.02 Å². The highest BCUT2D eigenvalue weighted by Gasteiger charge is 2.41. The van der Waals surface area contributed by atoms with Crippen molar-refractivity contribution in [1.29, 1.82) is 0 Å². The van der Waals surface area contributed by atoms with E-state index >= 15 is 0 Å². The lowest BCUT2D eigenvalue weighted by atomic mass is 9.86. The van der Waals surface area contributed by atoms with E-state index in [2.05, 4.69) is 0 Å². The summed E-state index contributed by atoms with van der Waals surface area (Å²) in [6.07, 6.45) is 0.00393. The second-order valence-electron chi connectivity index (χ2n) is 5.69. The van der Waals surface area contributed by atoms with Gasteiger partial charge in [0.25, 0.3) is 5.91 Å². The van der Waals surface area contributed by atoms with Crippen LogP contribution >= 0.6 is 11.6 Å². The Morgan fingerprint density at radius 2 is 2.14 bits per heavy atom. The fourth-order valence-electron chi connectivity index (χ4n) is 2.77. The molecule has 2 atom stereocenters. The van der Waals surface area contributed by atoms with Gasteiger partial charge in [0.1, 0.15) is 5.75 Å². The lowest BCUT2D eigenvalue weighted by Crippen LogP contribution is -2.56. The quantitative estimate of drug-likeness (QED) is 0.925. The SMILES string of the molecule is CC(C(=O)O)C1CN(C(=O)C2Cc3cc(Cl)ccc3O2)C1. The van der Waals surface area contributed by atoms with Gasteiger partial charge in [-0.3, -0.25) is 9.59 Å². The zero-order chi connectivity index (χ0) is 15.1. The molecule has 2 unspecified atom stereocenters. The van der Waals surface area contributed by atoms with Gasteiger partial charge in [-0.15, -0.1) is 0 Å². The van der Waals surface area contributed by atoms with E-state index < -0.39 is 18.0 Å². The molecule has 0 saturated carbocycles. The minimum absolute atomic E-state index is 0.0321. The first-order chi connectivity index (χ1) is 9.95. The summed E-state index contributed by atoms with van der Waals surface area (Å²) in [6, 6.07) is 5.33. The Labute approximate surface area is 127 Å². The molecule has 6 heteroatoms. The van der Waals surface area contributed by atoms with Gasteiger partial charge < -0.3 is 14.7 Å². The van der Waals surface area contributed by atoms with Gasteiger partial charge in [0.05, 0.1) is 5.92 Å². The highest BCUT2D eigenvalue weighted by Crippen LogP contribution is 2.33. The second-order valence-corrected chi connectivity index (χ2v) is 6.13. The predicted octanol–water partition coefficient (Wildman–Crippen LogP) is 1.82. The number of carboxylic acids is 1.